The van der Waals surface area contributed by atoms with E-state index in [9.17, 15) is 19.2 Å². The summed E-state index contributed by atoms with van der Waals surface area (Å²) in [5, 5.41) is 0. The van der Waals surface area contributed by atoms with E-state index in [0.29, 0.717) is 5.56 Å². The first-order chi connectivity index (χ1) is 12.9. The molecule has 2 N–H and O–H groups in total. The topological polar surface area (TPSA) is 101 Å². The number of nitrogens with two attached hydrogens (primary N) is 1. The van der Waals surface area contributed by atoms with Crippen LogP contribution in [0.5, 0.6) is 0 Å². The average molecular weight is 367 g/mol. The summed E-state index contributed by atoms with van der Waals surface area (Å²) in [4.78, 5) is 51.8. The number of likely N-dealkylation sites (tertiary alicyclic amines) is 1. The fourth-order valence-corrected chi connectivity index (χ4v) is 4.56. The molecule has 7 heteroatoms. The third-order valence-electron chi connectivity index (χ3n) is 5.91. The molecule has 1 saturated carbocycles. The Bertz CT molecular complexity index is 848. The highest BCUT2D eigenvalue weighted by atomic mass is 16.2. The molecule has 1 aromatic carbocycles. The van der Waals surface area contributed by atoms with Crippen molar-refractivity contribution in [3.05, 3.63) is 47.5 Å². The third kappa shape index (κ3) is 2.83. The number of amides is 4. The van der Waals surface area contributed by atoms with Crippen molar-refractivity contribution in [3.63, 3.8) is 0 Å². The predicted molar refractivity (Wildman–Crippen MR) is 95.9 cm³/mol. The van der Waals surface area contributed by atoms with Crippen LogP contribution in [0, 0.1) is 23.7 Å². The molecule has 140 valence electrons. The molecule has 0 aromatic heterocycles. The van der Waals surface area contributed by atoms with Crippen molar-refractivity contribution in [2.45, 2.75) is 13.0 Å². The number of carbonyl (C=O) groups is 4. The average Bonchev–Trinajstić information content (AvgIpc) is 3.31. The number of benzene rings is 1. The largest absolute Gasteiger partial charge is 0.366 e. The molecule has 27 heavy (non-hydrogen) atoms. The van der Waals surface area contributed by atoms with Gasteiger partial charge in [-0.2, -0.15) is 0 Å². The quantitative estimate of drug-likeness (QED) is 0.607. The second kappa shape index (κ2) is 6.33. The minimum atomic E-state index is -0.533. The highest BCUT2D eigenvalue weighted by Gasteiger charge is 2.59. The highest BCUT2D eigenvalue weighted by Crippen LogP contribution is 2.52. The number of rotatable bonds is 5. The Kier molecular flexibility index (Phi) is 4.09. The van der Waals surface area contributed by atoms with E-state index in [0.717, 1.165) is 16.9 Å². The van der Waals surface area contributed by atoms with Crippen LogP contribution in [0.15, 0.2) is 36.4 Å². The maximum absolute atomic E-state index is 12.7. The second-order valence-electron chi connectivity index (χ2n) is 7.58. The van der Waals surface area contributed by atoms with Crippen LogP contribution in [0.1, 0.15) is 22.3 Å². The molecule has 7 nitrogen and oxygen atoms in total. The van der Waals surface area contributed by atoms with E-state index in [1.807, 2.05) is 12.2 Å². The lowest BCUT2D eigenvalue weighted by molar-refractivity contribution is -0.146. The summed E-state index contributed by atoms with van der Waals surface area (Å²) in [7, 11) is 1.61. The summed E-state index contributed by atoms with van der Waals surface area (Å²) in [5.74, 6) is -1.62. The Morgan fingerprint density at radius 2 is 1.78 bits per heavy atom. The number of allylic oxidation sites excluding steroid dienone is 2. The molecule has 4 amide bonds. The smallest absolute Gasteiger partial charge is 0.248 e. The van der Waals surface area contributed by atoms with Gasteiger partial charge in [-0.25, -0.2) is 0 Å². The zero-order chi connectivity index (χ0) is 19.3. The van der Waals surface area contributed by atoms with Gasteiger partial charge in [-0.05, 0) is 36.0 Å². The SMILES string of the molecule is CN(Cc1cccc(C(N)=O)c1)C(=O)CN1C(=O)C2C3C=CC(C3)C2C1=O. The molecule has 0 radical (unpaired) electrons. The van der Waals surface area contributed by atoms with Gasteiger partial charge in [-0.15, -0.1) is 0 Å². The molecular formula is C20H21N3O4. The van der Waals surface area contributed by atoms with Crippen LogP contribution in [0.3, 0.4) is 0 Å². The first-order valence-corrected chi connectivity index (χ1v) is 9.03. The summed E-state index contributed by atoms with van der Waals surface area (Å²) in [6, 6.07) is 6.73. The normalized spacial score (nSPS) is 28.0. The van der Waals surface area contributed by atoms with Gasteiger partial charge in [0, 0.05) is 19.2 Å². The van der Waals surface area contributed by atoms with E-state index >= 15 is 0 Å². The Labute approximate surface area is 156 Å². The summed E-state index contributed by atoms with van der Waals surface area (Å²) in [6.45, 7) is 0.0198. The van der Waals surface area contributed by atoms with Crippen molar-refractivity contribution in [1.29, 1.82) is 0 Å². The minimum Gasteiger partial charge on any atom is -0.366 e. The van der Waals surface area contributed by atoms with E-state index in [2.05, 4.69) is 0 Å². The summed E-state index contributed by atoms with van der Waals surface area (Å²) < 4.78 is 0. The van der Waals surface area contributed by atoms with Gasteiger partial charge in [0.05, 0.1) is 11.8 Å². The lowest BCUT2D eigenvalue weighted by Gasteiger charge is -2.22. The molecular weight excluding hydrogens is 346 g/mol. The maximum atomic E-state index is 12.7. The lowest BCUT2D eigenvalue weighted by atomic mass is 9.85. The standard InChI is InChI=1S/C20H21N3O4/c1-22(9-11-3-2-4-14(7-11)18(21)25)15(24)10-23-19(26)16-12-5-6-13(8-12)17(16)20(23)27/h2-7,12-13,16-17H,8-10H2,1H3,(H2,21,25). The highest BCUT2D eigenvalue weighted by molar-refractivity contribution is 6.08. The molecule has 4 atom stereocenters. The van der Waals surface area contributed by atoms with E-state index in [4.69, 9.17) is 5.73 Å². The van der Waals surface area contributed by atoms with E-state index < -0.39 is 5.91 Å². The van der Waals surface area contributed by atoms with Crippen molar-refractivity contribution in [2.75, 3.05) is 13.6 Å². The van der Waals surface area contributed by atoms with Gasteiger partial charge in [0.1, 0.15) is 6.54 Å². The van der Waals surface area contributed by atoms with E-state index in [-0.39, 0.29) is 54.5 Å². The fraction of sp³-hybridized carbons (Fsp3) is 0.400. The molecule has 2 aliphatic carbocycles. The molecule has 1 aromatic rings. The molecule has 4 rings (SSSR count). The number of imide groups is 1. The summed E-state index contributed by atoms with van der Waals surface area (Å²) in [6.07, 6.45) is 4.92. The molecule has 4 unspecified atom stereocenters. The maximum Gasteiger partial charge on any atom is 0.248 e. The zero-order valence-electron chi connectivity index (χ0n) is 15.0. The summed E-state index contributed by atoms with van der Waals surface area (Å²) >= 11 is 0. The zero-order valence-corrected chi connectivity index (χ0v) is 15.0. The number of hydrogen-bond donors (Lipinski definition) is 1. The number of likely N-dealkylation sites (N-methyl/N-ethyl adjacent to an activating group) is 1. The van der Waals surface area contributed by atoms with Gasteiger partial charge in [-0.1, -0.05) is 24.3 Å². The number of primary amides is 1. The molecule has 2 fully saturated rings. The number of hydrogen-bond acceptors (Lipinski definition) is 4. The Balaban J connectivity index is 1.42. The molecule has 1 saturated heterocycles. The molecule has 3 aliphatic rings. The van der Waals surface area contributed by atoms with Crippen LogP contribution in [0.4, 0.5) is 0 Å². The summed E-state index contributed by atoms with van der Waals surface area (Å²) in [5.41, 5.74) is 6.40. The molecule has 1 heterocycles. The molecule has 0 spiro atoms. The molecule has 2 bridgehead atoms. The number of fused-ring (bicyclic) bond motifs is 5. The lowest BCUT2D eigenvalue weighted by Crippen LogP contribution is -2.42. The van der Waals surface area contributed by atoms with E-state index in [1.54, 1.807) is 31.3 Å². The second-order valence-corrected chi connectivity index (χ2v) is 7.58. The van der Waals surface area contributed by atoms with Gasteiger partial charge in [-0.3, -0.25) is 24.1 Å². The number of carbonyl (C=O) groups excluding carboxylic acids is 4. The third-order valence-corrected chi connectivity index (χ3v) is 5.91. The predicted octanol–water partition coefficient (Wildman–Crippen LogP) is 0.551. The molecule has 1 aliphatic heterocycles. The van der Waals surface area contributed by atoms with Gasteiger partial charge in [0.2, 0.25) is 23.6 Å². The van der Waals surface area contributed by atoms with Crippen molar-refractivity contribution in [1.82, 2.24) is 9.80 Å². The minimum absolute atomic E-state index is 0.130. The van der Waals surface area contributed by atoms with Crippen molar-refractivity contribution in [3.8, 4) is 0 Å². The van der Waals surface area contributed by atoms with Crippen LogP contribution in [0.2, 0.25) is 0 Å². The van der Waals surface area contributed by atoms with Crippen LogP contribution in [-0.2, 0) is 20.9 Å². The Hall–Kier alpha value is -2.96. The first-order valence-electron chi connectivity index (χ1n) is 9.03. The van der Waals surface area contributed by atoms with Gasteiger partial charge >= 0.3 is 0 Å². The van der Waals surface area contributed by atoms with Crippen LogP contribution in [0.25, 0.3) is 0 Å². The van der Waals surface area contributed by atoms with Crippen LogP contribution >= 0.6 is 0 Å². The van der Waals surface area contributed by atoms with Gasteiger partial charge < -0.3 is 10.6 Å². The van der Waals surface area contributed by atoms with Crippen LogP contribution < -0.4 is 5.73 Å². The monoisotopic (exact) mass is 367 g/mol. The van der Waals surface area contributed by atoms with Crippen molar-refractivity contribution in [2.24, 2.45) is 29.4 Å². The van der Waals surface area contributed by atoms with Crippen LogP contribution in [-0.4, -0.2) is 47.0 Å². The Morgan fingerprint density at radius 1 is 1.15 bits per heavy atom. The van der Waals surface area contributed by atoms with Gasteiger partial charge in [0.25, 0.3) is 0 Å². The van der Waals surface area contributed by atoms with E-state index in [1.165, 1.54) is 4.90 Å². The van der Waals surface area contributed by atoms with Crippen molar-refractivity contribution >= 4 is 23.6 Å². The fourth-order valence-electron chi connectivity index (χ4n) is 4.56. The Morgan fingerprint density at radius 3 is 2.37 bits per heavy atom. The first kappa shape index (κ1) is 17.5. The van der Waals surface area contributed by atoms with Crippen molar-refractivity contribution < 1.29 is 19.2 Å². The van der Waals surface area contributed by atoms with Gasteiger partial charge in [0.15, 0.2) is 0 Å². The number of nitrogens with zero attached hydrogens (tertiary/aromatic N) is 2.